The van der Waals surface area contributed by atoms with Crippen molar-refractivity contribution < 1.29 is 28.6 Å². The standard InChI is InChI=1S/C69H134O6/c1-4-7-10-13-16-19-21-23-25-26-27-28-29-30-31-32-33-34-35-36-37-38-39-40-41-42-43-44-45-47-48-50-53-56-59-62-68(71)74-65-66(64-73-67(70)61-58-55-52-18-15-12-9-6-3)75-69(72)63-60-57-54-51-49-46-24-22-20-17-14-11-8-5-2/h66H,4-65H2,1-3H3. The van der Waals surface area contributed by atoms with Crippen molar-refractivity contribution in [1.29, 1.82) is 0 Å². The largest absolute Gasteiger partial charge is 0.462 e. The summed E-state index contributed by atoms with van der Waals surface area (Å²) in [6.07, 6.45) is 76.1. The Morgan fingerprint density at radius 1 is 0.213 bits per heavy atom. The van der Waals surface area contributed by atoms with Crippen molar-refractivity contribution in [3.63, 3.8) is 0 Å². The third-order valence-corrected chi connectivity index (χ3v) is 16.1. The molecule has 0 aliphatic carbocycles. The van der Waals surface area contributed by atoms with Crippen LogP contribution in [0.3, 0.4) is 0 Å². The van der Waals surface area contributed by atoms with Crippen LogP contribution in [-0.2, 0) is 28.6 Å². The Morgan fingerprint density at radius 3 is 0.533 bits per heavy atom. The van der Waals surface area contributed by atoms with Crippen LogP contribution in [0.4, 0.5) is 0 Å². The van der Waals surface area contributed by atoms with Gasteiger partial charge in [-0.2, -0.15) is 0 Å². The number of ether oxygens (including phenoxy) is 3. The van der Waals surface area contributed by atoms with E-state index in [0.717, 1.165) is 57.8 Å². The molecule has 6 nitrogen and oxygen atoms in total. The fraction of sp³-hybridized carbons (Fsp3) is 0.957. The van der Waals surface area contributed by atoms with Crippen LogP contribution in [-0.4, -0.2) is 37.2 Å². The van der Waals surface area contributed by atoms with Crippen molar-refractivity contribution >= 4 is 17.9 Å². The second kappa shape index (κ2) is 64.9. The predicted molar refractivity (Wildman–Crippen MR) is 326 cm³/mol. The van der Waals surface area contributed by atoms with Crippen molar-refractivity contribution in [2.24, 2.45) is 0 Å². The van der Waals surface area contributed by atoms with Gasteiger partial charge in [-0.15, -0.1) is 0 Å². The highest BCUT2D eigenvalue weighted by Gasteiger charge is 2.19. The van der Waals surface area contributed by atoms with E-state index in [1.165, 1.54) is 308 Å². The Balaban J connectivity index is 3.88. The molecule has 0 rings (SSSR count). The van der Waals surface area contributed by atoms with Crippen LogP contribution < -0.4 is 0 Å². The summed E-state index contributed by atoms with van der Waals surface area (Å²) in [4.78, 5) is 38.1. The van der Waals surface area contributed by atoms with E-state index in [9.17, 15) is 14.4 Å². The second-order valence-electron chi connectivity index (χ2n) is 23.8. The summed E-state index contributed by atoms with van der Waals surface area (Å²) in [6, 6.07) is 0. The molecular formula is C69H134O6. The lowest BCUT2D eigenvalue weighted by Crippen LogP contribution is -2.30. The maximum atomic E-state index is 12.8. The van der Waals surface area contributed by atoms with Crippen molar-refractivity contribution in [3.05, 3.63) is 0 Å². The number of hydrogen-bond donors (Lipinski definition) is 0. The second-order valence-corrected chi connectivity index (χ2v) is 23.8. The molecule has 0 aliphatic heterocycles. The van der Waals surface area contributed by atoms with Crippen LogP contribution in [0.2, 0.25) is 0 Å². The number of unbranched alkanes of at least 4 members (excludes halogenated alkanes) is 54. The van der Waals surface area contributed by atoms with Gasteiger partial charge in [0, 0.05) is 19.3 Å². The first-order valence-corrected chi connectivity index (χ1v) is 34.5. The third kappa shape index (κ3) is 63.1. The summed E-state index contributed by atoms with van der Waals surface area (Å²) < 4.78 is 16.9. The van der Waals surface area contributed by atoms with E-state index < -0.39 is 6.10 Å². The molecule has 0 aromatic carbocycles. The molecule has 6 heteroatoms. The molecule has 0 amide bonds. The van der Waals surface area contributed by atoms with Gasteiger partial charge >= 0.3 is 17.9 Å². The van der Waals surface area contributed by atoms with Gasteiger partial charge in [-0.25, -0.2) is 0 Å². The molecule has 0 aliphatic rings. The van der Waals surface area contributed by atoms with Crippen molar-refractivity contribution in [2.45, 2.75) is 412 Å². The zero-order chi connectivity index (χ0) is 54.3. The van der Waals surface area contributed by atoms with Gasteiger partial charge in [0.05, 0.1) is 0 Å². The Labute approximate surface area is 469 Å². The monoisotopic (exact) mass is 1060 g/mol. The first-order chi connectivity index (χ1) is 37.0. The smallest absolute Gasteiger partial charge is 0.306 e. The van der Waals surface area contributed by atoms with Crippen LogP contribution in [0.5, 0.6) is 0 Å². The third-order valence-electron chi connectivity index (χ3n) is 16.1. The average Bonchev–Trinajstić information content (AvgIpc) is 3.41. The fourth-order valence-corrected chi connectivity index (χ4v) is 10.9. The van der Waals surface area contributed by atoms with Gasteiger partial charge in [-0.3, -0.25) is 14.4 Å². The summed E-state index contributed by atoms with van der Waals surface area (Å²) in [6.45, 7) is 6.69. The number of rotatable bonds is 65. The summed E-state index contributed by atoms with van der Waals surface area (Å²) in [5.41, 5.74) is 0. The molecule has 0 aromatic heterocycles. The maximum Gasteiger partial charge on any atom is 0.306 e. The predicted octanol–water partition coefficient (Wildman–Crippen LogP) is 23.5. The summed E-state index contributed by atoms with van der Waals surface area (Å²) in [5, 5.41) is 0. The van der Waals surface area contributed by atoms with E-state index in [1.807, 2.05) is 0 Å². The molecule has 0 bridgehead atoms. The maximum absolute atomic E-state index is 12.8. The molecule has 0 aromatic rings. The van der Waals surface area contributed by atoms with E-state index in [1.54, 1.807) is 0 Å². The first kappa shape index (κ1) is 73.4. The number of carbonyl (C=O) groups is 3. The highest BCUT2D eigenvalue weighted by atomic mass is 16.6. The molecule has 0 N–H and O–H groups in total. The topological polar surface area (TPSA) is 78.9 Å². The molecule has 75 heavy (non-hydrogen) atoms. The lowest BCUT2D eigenvalue weighted by molar-refractivity contribution is -0.167. The Kier molecular flexibility index (Phi) is 63.6. The quantitative estimate of drug-likeness (QED) is 0.0343. The van der Waals surface area contributed by atoms with E-state index in [2.05, 4.69) is 20.8 Å². The molecular weight excluding hydrogens is 925 g/mol. The van der Waals surface area contributed by atoms with Crippen molar-refractivity contribution in [1.82, 2.24) is 0 Å². The molecule has 0 spiro atoms. The minimum absolute atomic E-state index is 0.0615. The number of esters is 3. The molecule has 1 unspecified atom stereocenters. The van der Waals surface area contributed by atoms with Crippen LogP contribution in [0.15, 0.2) is 0 Å². The highest BCUT2D eigenvalue weighted by Crippen LogP contribution is 2.19. The normalized spacial score (nSPS) is 11.9. The Hall–Kier alpha value is -1.59. The van der Waals surface area contributed by atoms with Gasteiger partial charge in [-0.05, 0) is 19.3 Å². The SMILES string of the molecule is CCCCCCCCCCCCCCCCCCCCCCCCCCCCCCCCCCCCCC(=O)OCC(COC(=O)CCCCCCCCCC)OC(=O)CCCCCCCCCCCCCCCC. The first-order valence-electron chi connectivity index (χ1n) is 34.5. The highest BCUT2D eigenvalue weighted by molar-refractivity contribution is 5.71. The summed E-state index contributed by atoms with van der Waals surface area (Å²) in [7, 11) is 0. The summed E-state index contributed by atoms with van der Waals surface area (Å²) in [5.74, 6) is -0.836. The number of carbonyl (C=O) groups excluding carboxylic acids is 3. The molecule has 0 saturated carbocycles. The Bertz CT molecular complexity index is 1120. The molecule has 446 valence electrons. The van der Waals surface area contributed by atoms with E-state index in [-0.39, 0.29) is 31.1 Å². The zero-order valence-corrected chi connectivity index (χ0v) is 51.4. The minimum Gasteiger partial charge on any atom is -0.462 e. The van der Waals surface area contributed by atoms with Crippen molar-refractivity contribution in [3.8, 4) is 0 Å². The van der Waals surface area contributed by atoms with Gasteiger partial charge in [-0.1, -0.05) is 367 Å². The number of hydrogen-bond acceptors (Lipinski definition) is 6. The van der Waals surface area contributed by atoms with E-state index in [4.69, 9.17) is 14.2 Å². The molecule has 0 fully saturated rings. The fourth-order valence-electron chi connectivity index (χ4n) is 10.9. The Morgan fingerprint density at radius 2 is 0.360 bits per heavy atom. The van der Waals surface area contributed by atoms with E-state index >= 15 is 0 Å². The van der Waals surface area contributed by atoms with Gasteiger partial charge in [0.25, 0.3) is 0 Å². The molecule has 0 saturated heterocycles. The van der Waals surface area contributed by atoms with Crippen LogP contribution in [0.25, 0.3) is 0 Å². The van der Waals surface area contributed by atoms with Gasteiger partial charge in [0.1, 0.15) is 13.2 Å². The van der Waals surface area contributed by atoms with Crippen LogP contribution in [0, 0.1) is 0 Å². The van der Waals surface area contributed by atoms with Crippen LogP contribution in [0.1, 0.15) is 406 Å². The van der Waals surface area contributed by atoms with Gasteiger partial charge in [0.2, 0.25) is 0 Å². The van der Waals surface area contributed by atoms with Gasteiger partial charge in [0.15, 0.2) is 6.10 Å². The lowest BCUT2D eigenvalue weighted by Gasteiger charge is -2.18. The van der Waals surface area contributed by atoms with Crippen molar-refractivity contribution in [2.75, 3.05) is 13.2 Å². The van der Waals surface area contributed by atoms with Crippen LogP contribution >= 0.6 is 0 Å². The van der Waals surface area contributed by atoms with E-state index in [0.29, 0.717) is 19.3 Å². The van der Waals surface area contributed by atoms with Gasteiger partial charge < -0.3 is 14.2 Å². The average molecular weight is 1060 g/mol. The lowest BCUT2D eigenvalue weighted by atomic mass is 10.0. The summed E-state index contributed by atoms with van der Waals surface area (Å²) >= 11 is 0. The molecule has 0 heterocycles. The minimum atomic E-state index is -0.761. The zero-order valence-electron chi connectivity index (χ0n) is 51.4. The molecule has 1 atom stereocenters. The molecule has 0 radical (unpaired) electrons.